The number of nitrogens with zero attached hydrogens (tertiary/aromatic N) is 2. The standard InChI is InChI=1S/C9H9N3/c1-7-10-9(12-11-7)8-5-3-2-4-6-8/h2-6H,1H3,(H,10,11,12). The average Bonchev–Trinajstić information content (AvgIpc) is 2.54. The van der Waals surface area contributed by atoms with Crippen LogP contribution in [0, 0.1) is 6.92 Å². The quantitative estimate of drug-likeness (QED) is 0.689. The van der Waals surface area contributed by atoms with Crippen molar-refractivity contribution in [1.29, 1.82) is 0 Å². The first-order valence-corrected chi connectivity index (χ1v) is 3.81. The van der Waals surface area contributed by atoms with Crippen molar-refractivity contribution in [1.82, 2.24) is 15.2 Å². The molecule has 1 heterocycles. The van der Waals surface area contributed by atoms with E-state index in [1.165, 1.54) is 0 Å². The summed E-state index contributed by atoms with van der Waals surface area (Å²) >= 11 is 0. The number of aromatic amines is 1. The molecule has 0 fully saturated rings. The number of aryl methyl sites for hydroxylation is 1. The van der Waals surface area contributed by atoms with Crippen molar-refractivity contribution in [3.05, 3.63) is 36.2 Å². The Hall–Kier alpha value is -1.64. The maximum atomic E-state index is 4.21. The molecule has 1 N–H and O–H groups in total. The number of benzene rings is 1. The summed E-state index contributed by atoms with van der Waals surface area (Å²) in [5.41, 5.74) is 1.04. The summed E-state index contributed by atoms with van der Waals surface area (Å²) in [6.45, 7) is 1.89. The lowest BCUT2D eigenvalue weighted by molar-refractivity contribution is 1.04. The van der Waals surface area contributed by atoms with Crippen LogP contribution < -0.4 is 0 Å². The van der Waals surface area contributed by atoms with Gasteiger partial charge in [0.05, 0.1) is 0 Å². The van der Waals surface area contributed by atoms with Crippen LogP contribution in [-0.2, 0) is 0 Å². The van der Waals surface area contributed by atoms with Crippen molar-refractivity contribution in [3.8, 4) is 11.4 Å². The highest BCUT2D eigenvalue weighted by Crippen LogP contribution is 2.12. The Balaban J connectivity index is 2.45. The van der Waals surface area contributed by atoms with Crippen LogP contribution in [0.4, 0.5) is 0 Å². The third-order valence-corrected chi connectivity index (χ3v) is 1.63. The minimum absolute atomic E-state index is 0.758. The molecule has 0 aliphatic carbocycles. The molecule has 0 spiro atoms. The van der Waals surface area contributed by atoms with Crippen molar-refractivity contribution in [2.75, 3.05) is 0 Å². The van der Waals surface area contributed by atoms with E-state index in [0.29, 0.717) is 0 Å². The van der Waals surface area contributed by atoms with Crippen LogP contribution in [0.1, 0.15) is 5.82 Å². The first-order chi connectivity index (χ1) is 5.86. The Morgan fingerprint density at radius 1 is 1.17 bits per heavy atom. The van der Waals surface area contributed by atoms with Crippen molar-refractivity contribution in [2.45, 2.75) is 6.92 Å². The normalized spacial score (nSPS) is 10.1. The Morgan fingerprint density at radius 2 is 1.92 bits per heavy atom. The van der Waals surface area contributed by atoms with E-state index in [2.05, 4.69) is 15.2 Å². The monoisotopic (exact) mass is 159 g/mol. The molecule has 0 amide bonds. The van der Waals surface area contributed by atoms with E-state index in [-0.39, 0.29) is 0 Å². The summed E-state index contributed by atoms with van der Waals surface area (Å²) in [5.74, 6) is 1.60. The lowest BCUT2D eigenvalue weighted by atomic mass is 10.2. The average molecular weight is 159 g/mol. The fraction of sp³-hybridized carbons (Fsp3) is 0.111. The lowest BCUT2D eigenvalue weighted by Crippen LogP contribution is -1.78. The summed E-state index contributed by atoms with van der Waals surface area (Å²) in [6, 6.07) is 9.90. The van der Waals surface area contributed by atoms with Gasteiger partial charge in [0, 0.05) is 5.56 Å². The molecule has 0 aliphatic heterocycles. The van der Waals surface area contributed by atoms with Crippen LogP contribution >= 0.6 is 0 Å². The smallest absolute Gasteiger partial charge is 0.181 e. The second-order valence-electron chi connectivity index (χ2n) is 2.61. The molecule has 3 nitrogen and oxygen atoms in total. The molecule has 0 saturated heterocycles. The van der Waals surface area contributed by atoms with Gasteiger partial charge in [0.1, 0.15) is 5.82 Å². The fourth-order valence-electron chi connectivity index (χ4n) is 1.06. The van der Waals surface area contributed by atoms with Crippen LogP contribution in [0.5, 0.6) is 0 Å². The highest BCUT2D eigenvalue weighted by molar-refractivity contribution is 5.53. The highest BCUT2D eigenvalue weighted by Gasteiger charge is 2.00. The van der Waals surface area contributed by atoms with Gasteiger partial charge in [-0.25, -0.2) is 4.98 Å². The molecular weight excluding hydrogens is 150 g/mol. The molecule has 3 heteroatoms. The van der Waals surface area contributed by atoms with Gasteiger partial charge in [0.2, 0.25) is 0 Å². The van der Waals surface area contributed by atoms with Crippen LogP contribution in [-0.4, -0.2) is 15.2 Å². The van der Waals surface area contributed by atoms with Gasteiger partial charge >= 0.3 is 0 Å². The maximum Gasteiger partial charge on any atom is 0.181 e. The molecule has 2 aromatic rings. The Kier molecular flexibility index (Phi) is 1.63. The van der Waals surface area contributed by atoms with E-state index >= 15 is 0 Å². The van der Waals surface area contributed by atoms with Gasteiger partial charge in [0.15, 0.2) is 5.82 Å². The van der Waals surface area contributed by atoms with Gasteiger partial charge in [-0.2, -0.15) is 5.10 Å². The van der Waals surface area contributed by atoms with Crippen molar-refractivity contribution in [2.24, 2.45) is 0 Å². The molecule has 2 rings (SSSR count). The van der Waals surface area contributed by atoms with E-state index in [4.69, 9.17) is 0 Å². The number of H-pyrrole nitrogens is 1. The van der Waals surface area contributed by atoms with Crippen LogP contribution in [0.3, 0.4) is 0 Å². The van der Waals surface area contributed by atoms with Gasteiger partial charge in [-0.15, -0.1) is 0 Å². The van der Waals surface area contributed by atoms with Gasteiger partial charge in [0.25, 0.3) is 0 Å². The van der Waals surface area contributed by atoms with Crippen LogP contribution in [0.2, 0.25) is 0 Å². The summed E-state index contributed by atoms with van der Waals surface area (Å²) in [5, 5.41) is 6.86. The summed E-state index contributed by atoms with van der Waals surface area (Å²) < 4.78 is 0. The van der Waals surface area contributed by atoms with Crippen LogP contribution in [0.15, 0.2) is 30.3 Å². The van der Waals surface area contributed by atoms with E-state index in [9.17, 15) is 0 Å². The second kappa shape index (κ2) is 2.77. The molecule has 0 radical (unpaired) electrons. The number of hydrogen-bond acceptors (Lipinski definition) is 2. The zero-order valence-electron chi connectivity index (χ0n) is 6.78. The zero-order chi connectivity index (χ0) is 8.39. The Labute approximate surface area is 70.5 Å². The molecule has 60 valence electrons. The Bertz CT molecular complexity index is 364. The number of rotatable bonds is 1. The molecule has 1 aromatic carbocycles. The highest BCUT2D eigenvalue weighted by atomic mass is 15.2. The molecule has 0 atom stereocenters. The minimum atomic E-state index is 0.758. The second-order valence-corrected chi connectivity index (χ2v) is 2.61. The zero-order valence-corrected chi connectivity index (χ0v) is 6.78. The summed E-state index contributed by atoms with van der Waals surface area (Å²) in [6.07, 6.45) is 0. The van der Waals surface area contributed by atoms with E-state index < -0.39 is 0 Å². The molecular formula is C9H9N3. The first kappa shape index (κ1) is 7.03. The van der Waals surface area contributed by atoms with Crippen molar-refractivity contribution >= 4 is 0 Å². The maximum absolute atomic E-state index is 4.21. The third kappa shape index (κ3) is 1.21. The lowest BCUT2D eigenvalue weighted by Gasteiger charge is -1.90. The fourth-order valence-corrected chi connectivity index (χ4v) is 1.06. The largest absolute Gasteiger partial charge is 0.263 e. The van der Waals surface area contributed by atoms with Gasteiger partial charge in [-0.05, 0) is 6.92 Å². The molecule has 0 aliphatic rings. The Morgan fingerprint density at radius 3 is 2.50 bits per heavy atom. The van der Waals surface area contributed by atoms with Gasteiger partial charge in [-0.1, -0.05) is 30.3 Å². The predicted molar refractivity (Wildman–Crippen MR) is 46.6 cm³/mol. The summed E-state index contributed by atoms with van der Waals surface area (Å²) in [4.78, 5) is 4.21. The van der Waals surface area contributed by atoms with E-state index in [1.807, 2.05) is 37.3 Å². The molecule has 1 aromatic heterocycles. The molecule has 0 unspecified atom stereocenters. The molecule has 12 heavy (non-hydrogen) atoms. The van der Waals surface area contributed by atoms with Gasteiger partial charge in [-0.3, -0.25) is 5.10 Å². The first-order valence-electron chi connectivity index (χ1n) is 3.81. The predicted octanol–water partition coefficient (Wildman–Crippen LogP) is 1.78. The number of hydrogen-bond donors (Lipinski definition) is 1. The van der Waals surface area contributed by atoms with E-state index in [1.54, 1.807) is 0 Å². The molecule has 0 bridgehead atoms. The molecule has 0 saturated carbocycles. The number of nitrogens with one attached hydrogen (secondary N) is 1. The van der Waals surface area contributed by atoms with E-state index in [0.717, 1.165) is 17.2 Å². The van der Waals surface area contributed by atoms with Gasteiger partial charge < -0.3 is 0 Å². The third-order valence-electron chi connectivity index (χ3n) is 1.63. The van der Waals surface area contributed by atoms with Crippen molar-refractivity contribution < 1.29 is 0 Å². The minimum Gasteiger partial charge on any atom is -0.263 e. The summed E-state index contributed by atoms with van der Waals surface area (Å²) in [7, 11) is 0. The number of aromatic nitrogens is 3. The van der Waals surface area contributed by atoms with Crippen molar-refractivity contribution in [3.63, 3.8) is 0 Å². The van der Waals surface area contributed by atoms with Crippen LogP contribution in [0.25, 0.3) is 11.4 Å². The SMILES string of the molecule is Cc1nc(-c2ccccc2)n[nH]1. The topological polar surface area (TPSA) is 41.6 Å².